The van der Waals surface area contributed by atoms with Crippen molar-refractivity contribution in [3.63, 3.8) is 0 Å². The summed E-state index contributed by atoms with van der Waals surface area (Å²) in [6, 6.07) is -0.756. The van der Waals surface area contributed by atoms with Gasteiger partial charge in [-0.05, 0) is 12.6 Å². The molecule has 4 N–H and O–H groups in total. The highest BCUT2D eigenvalue weighted by Gasteiger charge is 2.22. The number of hydrogen-bond donors (Lipinski definition) is 3. The maximum Gasteiger partial charge on any atom is 0.321 e. The van der Waals surface area contributed by atoms with E-state index in [0.29, 0.717) is 0 Å². The molecule has 4 nitrogen and oxygen atoms in total. The number of carbonyl (C=O) groups is 1. The number of nitrogens with one attached hydrogen (secondary N) is 1. The van der Waals surface area contributed by atoms with Gasteiger partial charge in [0.25, 0.3) is 0 Å². The average Bonchev–Trinajstić information content (AvgIpc) is 2.05. The Labute approximate surface area is 65.1 Å². The highest BCUT2D eigenvalue weighted by Crippen LogP contribution is 2.11. The first-order valence-corrected chi connectivity index (χ1v) is 3.60. The van der Waals surface area contributed by atoms with E-state index in [1.807, 2.05) is 6.08 Å². The van der Waals surface area contributed by atoms with Crippen molar-refractivity contribution in [1.29, 1.82) is 0 Å². The summed E-state index contributed by atoms with van der Waals surface area (Å²) < 4.78 is 0. The zero-order valence-electron chi connectivity index (χ0n) is 6.16. The van der Waals surface area contributed by atoms with Gasteiger partial charge in [-0.25, -0.2) is 0 Å². The molecule has 4 heteroatoms. The predicted octanol–water partition coefficient (Wildman–Crippen LogP) is -0.479. The molecule has 0 amide bonds. The molecular weight excluding hydrogens is 144 g/mol. The van der Waals surface area contributed by atoms with E-state index in [1.165, 1.54) is 0 Å². The Kier molecular flexibility index (Phi) is 2.48. The molecule has 11 heavy (non-hydrogen) atoms. The predicted molar refractivity (Wildman–Crippen MR) is 40.9 cm³/mol. The van der Waals surface area contributed by atoms with Crippen molar-refractivity contribution in [2.45, 2.75) is 12.5 Å². The molecule has 1 aliphatic rings. The summed E-state index contributed by atoms with van der Waals surface area (Å²) in [5, 5.41) is 11.5. The topological polar surface area (TPSA) is 75.4 Å². The van der Waals surface area contributed by atoms with E-state index >= 15 is 0 Å². The van der Waals surface area contributed by atoms with Crippen LogP contribution in [0.2, 0.25) is 0 Å². The maximum atomic E-state index is 10.4. The quantitative estimate of drug-likeness (QED) is 0.505. The van der Waals surface area contributed by atoms with E-state index in [2.05, 4.69) is 5.32 Å². The van der Waals surface area contributed by atoms with Crippen LogP contribution < -0.4 is 11.1 Å². The lowest BCUT2D eigenvalue weighted by molar-refractivity contribution is -0.139. The summed E-state index contributed by atoms with van der Waals surface area (Å²) in [6.07, 6.45) is 4.36. The van der Waals surface area contributed by atoms with Crippen LogP contribution in [0.25, 0.3) is 0 Å². The van der Waals surface area contributed by atoms with Crippen LogP contribution in [0.15, 0.2) is 12.3 Å². The minimum atomic E-state index is -0.929. The Hall–Kier alpha value is -1.03. The monoisotopic (exact) mass is 156 g/mol. The average molecular weight is 156 g/mol. The highest BCUT2D eigenvalue weighted by molar-refractivity contribution is 5.73. The van der Waals surface area contributed by atoms with Gasteiger partial charge in [0, 0.05) is 12.5 Å². The van der Waals surface area contributed by atoms with Gasteiger partial charge in [0.2, 0.25) is 0 Å². The van der Waals surface area contributed by atoms with E-state index in [9.17, 15) is 4.79 Å². The van der Waals surface area contributed by atoms with Gasteiger partial charge in [-0.15, -0.1) is 0 Å². The molecule has 1 aliphatic heterocycles. The minimum absolute atomic E-state index is 0.0197. The Morgan fingerprint density at radius 1 is 1.82 bits per heavy atom. The number of rotatable bonds is 2. The standard InChI is InChI=1S/C7H12N2O2/c8-6(7(10)11)5-1-3-9-4-2-5/h1,3,5-6,9H,2,4,8H2,(H,10,11). The molecule has 0 aromatic rings. The minimum Gasteiger partial charge on any atom is -0.480 e. The van der Waals surface area contributed by atoms with Crippen molar-refractivity contribution in [2.75, 3.05) is 6.54 Å². The van der Waals surface area contributed by atoms with Crippen LogP contribution in [0.4, 0.5) is 0 Å². The molecule has 0 fully saturated rings. The molecule has 0 saturated carbocycles. The lowest BCUT2D eigenvalue weighted by Crippen LogP contribution is -2.39. The zero-order chi connectivity index (χ0) is 8.27. The van der Waals surface area contributed by atoms with Crippen LogP contribution in [0.1, 0.15) is 6.42 Å². The second kappa shape index (κ2) is 3.39. The van der Waals surface area contributed by atoms with Gasteiger partial charge in [-0.3, -0.25) is 4.79 Å². The molecule has 0 radical (unpaired) electrons. The van der Waals surface area contributed by atoms with Crippen LogP contribution in [-0.2, 0) is 4.79 Å². The van der Waals surface area contributed by atoms with Gasteiger partial charge < -0.3 is 16.2 Å². The molecule has 0 aliphatic carbocycles. The third-order valence-corrected chi connectivity index (χ3v) is 1.83. The first kappa shape index (κ1) is 8.07. The third kappa shape index (κ3) is 1.94. The van der Waals surface area contributed by atoms with Crippen molar-refractivity contribution < 1.29 is 9.90 Å². The van der Waals surface area contributed by atoms with Crippen LogP contribution in [0.5, 0.6) is 0 Å². The molecule has 0 aromatic carbocycles. The number of aliphatic carboxylic acids is 1. The van der Waals surface area contributed by atoms with E-state index in [1.54, 1.807) is 6.20 Å². The summed E-state index contributed by atoms with van der Waals surface area (Å²) in [7, 11) is 0. The Morgan fingerprint density at radius 3 is 3.00 bits per heavy atom. The molecule has 0 spiro atoms. The third-order valence-electron chi connectivity index (χ3n) is 1.83. The van der Waals surface area contributed by atoms with Crippen molar-refractivity contribution in [3.05, 3.63) is 12.3 Å². The summed E-state index contributed by atoms with van der Waals surface area (Å²) >= 11 is 0. The fourth-order valence-corrected chi connectivity index (χ4v) is 1.10. The van der Waals surface area contributed by atoms with E-state index in [-0.39, 0.29) is 5.92 Å². The largest absolute Gasteiger partial charge is 0.480 e. The Bertz CT molecular complexity index is 179. The number of nitrogens with two attached hydrogens (primary N) is 1. The Morgan fingerprint density at radius 2 is 2.55 bits per heavy atom. The van der Waals surface area contributed by atoms with Gasteiger partial charge in [0.1, 0.15) is 6.04 Å². The smallest absolute Gasteiger partial charge is 0.321 e. The van der Waals surface area contributed by atoms with Crippen LogP contribution >= 0.6 is 0 Å². The van der Waals surface area contributed by atoms with Crippen LogP contribution in [0, 0.1) is 5.92 Å². The van der Waals surface area contributed by atoms with Crippen LogP contribution in [0.3, 0.4) is 0 Å². The molecule has 2 unspecified atom stereocenters. The SMILES string of the molecule is NC(C(=O)O)C1C=CNCC1. The second-order valence-corrected chi connectivity index (χ2v) is 2.63. The normalized spacial score (nSPS) is 25.7. The molecule has 0 bridgehead atoms. The molecule has 2 atom stereocenters. The fourth-order valence-electron chi connectivity index (χ4n) is 1.10. The van der Waals surface area contributed by atoms with Gasteiger partial charge >= 0.3 is 5.97 Å². The Balaban J connectivity index is 2.52. The maximum absolute atomic E-state index is 10.4. The fraction of sp³-hybridized carbons (Fsp3) is 0.571. The number of hydrogen-bond acceptors (Lipinski definition) is 3. The highest BCUT2D eigenvalue weighted by atomic mass is 16.4. The van der Waals surface area contributed by atoms with Crippen LogP contribution in [-0.4, -0.2) is 23.7 Å². The molecule has 0 saturated heterocycles. The first-order chi connectivity index (χ1) is 5.22. The van der Waals surface area contributed by atoms with Crippen molar-refractivity contribution in [1.82, 2.24) is 5.32 Å². The lowest BCUT2D eigenvalue weighted by atomic mass is 9.95. The molecule has 1 heterocycles. The molecule has 1 rings (SSSR count). The van der Waals surface area contributed by atoms with E-state index in [4.69, 9.17) is 10.8 Å². The second-order valence-electron chi connectivity index (χ2n) is 2.63. The first-order valence-electron chi connectivity index (χ1n) is 3.60. The zero-order valence-corrected chi connectivity index (χ0v) is 6.16. The van der Waals surface area contributed by atoms with Gasteiger partial charge in [-0.1, -0.05) is 6.08 Å². The number of carboxylic acids is 1. The lowest BCUT2D eigenvalue weighted by Gasteiger charge is -2.20. The summed E-state index contributed by atoms with van der Waals surface area (Å²) in [5.41, 5.74) is 5.41. The van der Waals surface area contributed by atoms with Crippen molar-refractivity contribution in [2.24, 2.45) is 11.7 Å². The number of carboxylic acid groups (broad SMARTS) is 1. The summed E-state index contributed by atoms with van der Waals surface area (Å²) in [4.78, 5) is 10.4. The van der Waals surface area contributed by atoms with Gasteiger partial charge in [0.15, 0.2) is 0 Å². The molecule has 0 aromatic heterocycles. The molecular formula is C7H12N2O2. The molecule has 62 valence electrons. The van der Waals surface area contributed by atoms with E-state index < -0.39 is 12.0 Å². The van der Waals surface area contributed by atoms with E-state index in [0.717, 1.165) is 13.0 Å². The van der Waals surface area contributed by atoms with Gasteiger partial charge in [-0.2, -0.15) is 0 Å². The summed E-state index contributed by atoms with van der Waals surface area (Å²) in [5.74, 6) is -0.949. The van der Waals surface area contributed by atoms with Crippen molar-refractivity contribution in [3.8, 4) is 0 Å². The van der Waals surface area contributed by atoms with Crippen molar-refractivity contribution >= 4 is 5.97 Å². The summed E-state index contributed by atoms with van der Waals surface area (Å²) in [6.45, 7) is 0.808. The van der Waals surface area contributed by atoms with Gasteiger partial charge in [0.05, 0.1) is 0 Å².